The number of rotatable bonds is 5. The van der Waals surface area contributed by atoms with Gasteiger partial charge in [-0.25, -0.2) is 9.97 Å². The van der Waals surface area contributed by atoms with Crippen LogP contribution in [0.5, 0.6) is 0 Å². The molecule has 4 rings (SSSR count). The first-order valence-electron chi connectivity index (χ1n) is 10.2. The first-order chi connectivity index (χ1) is 16.0. The normalized spacial score (nSPS) is 14.8. The highest BCUT2D eigenvalue weighted by Gasteiger charge is 2.35. The van der Waals surface area contributed by atoms with Gasteiger partial charge in [-0.1, -0.05) is 0 Å². The van der Waals surface area contributed by atoms with E-state index >= 15 is 0 Å². The number of hydrogen-bond acceptors (Lipinski definition) is 10. The molecule has 1 saturated heterocycles. The molecule has 0 bridgehead atoms. The van der Waals surface area contributed by atoms with Crippen molar-refractivity contribution in [3.63, 3.8) is 0 Å². The van der Waals surface area contributed by atoms with Crippen LogP contribution in [0.25, 0.3) is 11.3 Å². The zero-order valence-corrected chi connectivity index (χ0v) is 18.0. The molecule has 1 aliphatic heterocycles. The van der Waals surface area contributed by atoms with Gasteiger partial charge in [-0.3, -0.25) is 4.98 Å². The molecule has 13 heteroatoms. The number of morpholine rings is 1. The van der Waals surface area contributed by atoms with Crippen molar-refractivity contribution in [2.24, 2.45) is 0 Å². The Kier molecular flexibility index (Phi) is 6.25. The van der Waals surface area contributed by atoms with Gasteiger partial charge in [-0.2, -0.15) is 18.2 Å². The number of aromatic nitrogens is 4. The fourth-order valence-corrected chi connectivity index (χ4v) is 3.35. The van der Waals surface area contributed by atoms with Crippen LogP contribution in [0.3, 0.4) is 0 Å². The number of nitrogens with two attached hydrogens (primary N) is 1. The topological polar surface area (TPSA) is 143 Å². The molecule has 0 atom stereocenters. The minimum Gasteiger partial charge on any atom is -0.384 e. The Bertz CT molecular complexity index is 1160. The van der Waals surface area contributed by atoms with E-state index in [4.69, 9.17) is 10.5 Å². The van der Waals surface area contributed by atoms with Gasteiger partial charge in [0.15, 0.2) is 0 Å². The molecule has 180 valence electrons. The summed E-state index contributed by atoms with van der Waals surface area (Å²) in [6.07, 6.45) is -2.29. The van der Waals surface area contributed by atoms with Crippen LogP contribution in [0.4, 0.5) is 36.4 Å². The standard InChI is InChI=1S/C21H22F3N7O3/c1-20(32,33)16-3-2-12(10-26-16)28-18-9-15(29-19(30-18)31-4-6-34-7-5-31)13-11-27-17(25)8-14(13)21(22,23)24/h2-3,8-11,32-33H,4-7H2,1H3,(H2,25,27)(H,28,29,30). The van der Waals surface area contributed by atoms with E-state index in [1.165, 1.54) is 31.3 Å². The van der Waals surface area contributed by atoms with E-state index in [2.05, 4.69) is 25.3 Å². The molecule has 3 aromatic heterocycles. The van der Waals surface area contributed by atoms with Gasteiger partial charge in [0, 0.05) is 30.9 Å². The molecule has 4 heterocycles. The van der Waals surface area contributed by atoms with E-state index in [0.717, 1.165) is 12.3 Å². The average molecular weight is 477 g/mol. The molecule has 0 radical (unpaired) electrons. The first kappa shape index (κ1) is 23.6. The molecular formula is C21H22F3N7O3. The smallest absolute Gasteiger partial charge is 0.384 e. The van der Waals surface area contributed by atoms with Gasteiger partial charge in [0.2, 0.25) is 11.7 Å². The third kappa shape index (κ3) is 5.32. The van der Waals surface area contributed by atoms with Gasteiger partial charge in [0.1, 0.15) is 11.6 Å². The predicted octanol–water partition coefficient (Wildman–Crippen LogP) is 2.27. The van der Waals surface area contributed by atoms with Gasteiger partial charge >= 0.3 is 6.18 Å². The first-order valence-corrected chi connectivity index (χ1v) is 10.2. The maximum absolute atomic E-state index is 13.7. The van der Waals surface area contributed by atoms with Gasteiger partial charge in [-0.05, 0) is 25.1 Å². The van der Waals surface area contributed by atoms with Gasteiger partial charge < -0.3 is 30.9 Å². The second-order valence-corrected chi connectivity index (χ2v) is 7.77. The average Bonchev–Trinajstić information content (AvgIpc) is 2.78. The summed E-state index contributed by atoms with van der Waals surface area (Å²) in [4.78, 5) is 18.4. The van der Waals surface area contributed by atoms with Crippen molar-refractivity contribution in [1.82, 2.24) is 19.9 Å². The number of pyridine rings is 2. The van der Waals surface area contributed by atoms with Gasteiger partial charge in [-0.15, -0.1) is 0 Å². The van der Waals surface area contributed by atoms with Gasteiger partial charge in [0.25, 0.3) is 0 Å². The van der Waals surface area contributed by atoms with Crippen molar-refractivity contribution < 1.29 is 28.1 Å². The van der Waals surface area contributed by atoms with Crippen molar-refractivity contribution in [2.75, 3.05) is 42.3 Å². The maximum Gasteiger partial charge on any atom is 0.417 e. The lowest BCUT2D eigenvalue weighted by molar-refractivity contribution is -0.155. The van der Waals surface area contributed by atoms with Gasteiger partial charge in [0.05, 0.1) is 42.0 Å². The lowest BCUT2D eigenvalue weighted by Gasteiger charge is -2.27. The molecule has 1 aliphatic rings. The van der Waals surface area contributed by atoms with Crippen LogP contribution in [-0.4, -0.2) is 56.5 Å². The minimum absolute atomic E-state index is 0.00156. The molecule has 0 unspecified atom stereocenters. The maximum atomic E-state index is 13.7. The van der Waals surface area contributed by atoms with E-state index < -0.39 is 17.5 Å². The Balaban J connectivity index is 1.77. The van der Waals surface area contributed by atoms with Crippen molar-refractivity contribution in [3.8, 4) is 11.3 Å². The number of aliphatic hydroxyl groups is 2. The predicted molar refractivity (Wildman–Crippen MR) is 117 cm³/mol. The van der Waals surface area contributed by atoms with Crippen molar-refractivity contribution in [2.45, 2.75) is 18.9 Å². The summed E-state index contributed by atoms with van der Waals surface area (Å²) in [5.41, 5.74) is 4.75. The van der Waals surface area contributed by atoms with E-state index in [1.54, 1.807) is 4.90 Å². The Morgan fingerprint density at radius 3 is 2.41 bits per heavy atom. The molecule has 0 aliphatic carbocycles. The molecule has 0 aromatic carbocycles. The minimum atomic E-state index is -4.68. The summed E-state index contributed by atoms with van der Waals surface area (Å²) in [6.45, 7) is 2.97. The molecular weight excluding hydrogens is 455 g/mol. The third-order valence-corrected chi connectivity index (χ3v) is 5.04. The molecule has 0 spiro atoms. The Labute approximate surface area is 192 Å². The Morgan fingerprint density at radius 2 is 1.79 bits per heavy atom. The number of anilines is 4. The number of nitrogen functional groups attached to an aromatic ring is 1. The highest BCUT2D eigenvalue weighted by atomic mass is 19.4. The van der Waals surface area contributed by atoms with E-state index in [0.29, 0.717) is 32.0 Å². The highest BCUT2D eigenvalue weighted by Crippen LogP contribution is 2.38. The van der Waals surface area contributed by atoms with Crippen LogP contribution in [0.2, 0.25) is 0 Å². The van der Waals surface area contributed by atoms with Crippen LogP contribution in [0.15, 0.2) is 36.7 Å². The summed E-state index contributed by atoms with van der Waals surface area (Å²) in [5, 5.41) is 22.3. The van der Waals surface area contributed by atoms with Crippen molar-refractivity contribution in [3.05, 3.63) is 47.9 Å². The highest BCUT2D eigenvalue weighted by molar-refractivity contribution is 5.70. The van der Waals surface area contributed by atoms with Crippen LogP contribution in [0, 0.1) is 0 Å². The zero-order valence-electron chi connectivity index (χ0n) is 18.0. The molecule has 5 N–H and O–H groups in total. The quantitative estimate of drug-likeness (QED) is 0.404. The monoisotopic (exact) mass is 477 g/mol. The lowest BCUT2D eigenvalue weighted by atomic mass is 10.1. The van der Waals surface area contributed by atoms with Crippen LogP contribution < -0.4 is 16.0 Å². The number of halogens is 3. The van der Waals surface area contributed by atoms with Crippen LogP contribution >= 0.6 is 0 Å². The molecule has 0 saturated carbocycles. The molecule has 1 fully saturated rings. The summed E-state index contributed by atoms with van der Waals surface area (Å²) in [7, 11) is 0. The second kappa shape index (κ2) is 9.00. The Morgan fingerprint density at radius 1 is 1.06 bits per heavy atom. The molecule has 34 heavy (non-hydrogen) atoms. The molecule has 3 aromatic rings. The third-order valence-electron chi connectivity index (χ3n) is 5.04. The molecule has 10 nitrogen and oxygen atoms in total. The SMILES string of the molecule is CC(O)(O)c1ccc(Nc2cc(-c3cnc(N)cc3C(F)(F)F)nc(N3CCOCC3)n2)cn1. The summed E-state index contributed by atoms with van der Waals surface area (Å²) >= 11 is 0. The van der Waals surface area contributed by atoms with E-state index in [1.807, 2.05) is 0 Å². The number of alkyl halides is 3. The largest absolute Gasteiger partial charge is 0.417 e. The summed E-state index contributed by atoms with van der Waals surface area (Å²) < 4.78 is 46.5. The lowest BCUT2D eigenvalue weighted by Crippen LogP contribution is -2.37. The fraction of sp³-hybridized carbons (Fsp3) is 0.333. The summed E-state index contributed by atoms with van der Waals surface area (Å²) in [5.74, 6) is -1.94. The number of nitrogens with one attached hydrogen (secondary N) is 1. The fourth-order valence-electron chi connectivity index (χ4n) is 3.35. The zero-order chi connectivity index (χ0) is 24.5. The number of nitrogens with zero attached hydrogens (tertiary/aromatic N) is 5. The second-order valence-electron chi connectivity index (χ2n) is 7.77. The Hall–Kier alpha value is -3.55. The van der Waals surface area contributed by atoms with Crippen molar-refractivity contribution >= 4 is 23.3 Å². The van der Waals surface area contributed by atoms with Crippen LogP contribution in [0.1, 0.15) is 18.2 Å². The summed E-state index contributed by atoms with van der Waals surface area (Å²) in [6, 6.07) is 5.07. The number of ether oxygens (including phenoxy) is 1. The van der Waals surface area contributed by atoms with E-state index in [-0.39, 0.29) is 34.5 Å². The van der Waals surface area contributed by atoms with Crippen LogP contribution in [-0.2, 0) is 16.7 Å². The number of hydrogen-bond donors (Lipinski definition) is 4. The van der Waals surface area contributed by atoms with Crippen molar-refractivity contribution in [1.29, 1.82) is 0 Å². The van der Waals surface area contributed by atoms with E-state index in [9.17, 15) is 23.4 Å². The molecule has 0 amide bonds.